The van der Waals surface area contributed by atoms with Gasteiger partial charge in [0.25, 0.3) is 0 Å². The lowest BCUT2D eigenvalue weighted by atomic mass is 10.0. The van der Waals surface area contributed by atoms with Crippen molar-refractivity contribution in [3.8, 4) is 0 Å². The van der Waals surface area contributed by atoms with E-state index in [0.717, 1.165) is 11.5 Å². The number of hydrogen-bond acceptors (Lipinski definition) is 2. The number of hydrogen-bond donors (Lipinski definition) is 0. The number of pyridine rings is 1. The van der Waals surface area contributed by atoms with Crippen molar-refractivity contribution < 1.29 is 13.6 Å². The molecule has 0 spiro atoms. The van der Waals surface area contributed by atoms with Crippen LogP contribution in [0.1, 0.15) is 21.6 Å². The summed E-state index contributed by atoms with van der Waals surface area (Å²) >= 11 is 0. The molecule has 0 unspecified atom stereocenters. The molecule has 1 aromatic heterocycles. The van der Waals surface area contributed by atoms with Gasteiger partial charge in [0.05, 0.1) is 11.1 Å². The van der Waals surface area contributed by atoms with Crippen molar-refractivity contribution in [2.24, 2.45) is 0 Å². The highest BCUT2D eigenvalue weighted by atomic mass is 19.1. The van der Waals surface area contributed by atoms with Crippen LogP contribution in [0.15, 0.2) is 48.5 Å². The maximum Gasteiger partial charge on any atom is 0.217 e. The van der Waals surface area contributed by atoms with Gasteiger partial charge in [0.2, 0.25) is 5.78 Å². The third kappa shape index (κ3) is 2.29. The molecule has 4 heteroatoms. The van der Waals surface area contributed by atoms with E-state index in [0.29, 0.717) is 5.52 Å². The molecule has 0 saturated heterocycles. The van der Waals surface area contributed by atoms with Crippen molar-refractivity contribution in [3.63, 3.8) is 0 Å². The minimum absolute atomic E-state index is 0.0251. The molecule has 3 rings (SSSR count). The molecule has 0 fully saturated rings. The molecule has 3 aromatic rings. The number of aromatic nitrogens is 1. The van der Waals surface area contributed by atoms with E-state index in [1.54, 1.807) is 18.2 Å². The molecule has 2 nitrogen and oxygen atoms in total. The predicted octanol–water partition coefficient (Wildman–Crippen LogP) is 4.05. The molecule has 0 aliphatic heterocycles. The van der Waals surface area contributed by atoms with Crippen molar-refractivity contribution in [2.75, 3.05) is 0 Å². The SMILES string of the molecule is Cc1ccc(F)c(C(=O)c2ccc3ccccc3n2)c1F. The van der Waals surface area contributed by atoms with Gasteiger partial charge in [-0.25, -0.2) is 13.8 Å². The van der Waals surface area contributed by atoms with Gasteiger partial charge in [-0.1, -0.05) is 30.3 Å². The monoisotopic (exact) mass is 283 g/mol. The van der Waals surface area contributed by atoms with Crippen molar-refractivity contribution in [1.29, 1.82) is 0 Å². The summed E-state index contributed by atoms with van der Waals surface area (Å²) in [5, 5.41) is 0.860. The third-order valence-electron chi connectivity index (χ3n) is 3.34. The molecule has 104 valence electrons. The number of aryl methyl sites for hydroxylation is 1. The Bertz CT molecular complexity index is 859. The highest BCUT2D eigenvalue weighted by Gasteiger charge is 2.21. The summed E-state index contributed by atoms with van der Waals surface area (Å²) in [4.78, 5) is 16.5. The first-order chi connectivity index (χ1) is 10.1. The number of ketones is 1. The number of halogens is 2. The van der Waals surface area contributed by atoms with E-state index in [4.69, 9.17) is 0 Å². The zero-order valence-electron chi connectivity index (χ0n) is 11.2. The normalized spacial score (nSPS) is 10.8. The maximum atomic E-state index is 14.0. The lowest BCUT2D eigenvalue weighted by molar-refractivity contribution is 0.102. The molecule has 0 aliphatic rings. The Labute approximate surface area is 120 Å². The molecule has 0 saturated carbocycles. The molecular weight excluding hydrogens is 272 g/mol. The molecule has 2 aromatic carbocycles. The van der Waals surface area contributed by atoms with Crippen molar-refractivity contribution in [3.05, 3.63) is 77.0 Å². The topological polar surface area (TPSA) is 30.0 Å². The standard InChI is InChI=1S/C17H11F2NO/c1-10-6-8-12(18)15(16(10)19)17(21)14-9-7-11-4-2-3-5-13(11)20-14/h2-9H,1H3. The highest BCUT2D eigenvalue weighted by Crippen LogP contribution is 2.20. The average Bonchev–Trinajstić information content (AvgIpc) is 2.51. The first-order valence-corrected chi connectivity index (χ1v) is 6.43. The van der Waals surface area contributed by atoms with E-state index in [2.05, 4.69) is 4.98 Å². The molecule has 0 radical (unpaired) electrons. The van der Waals surface area contributed by atoms with E-state index in [1.807, 2.05) is 12.1 Å². The van der Waals surface area contributed by atoms with E-state index in [9.17, 15) is 13.6 Å². The summed E-state index contributed by atoms with van der Waals surface area (Å²) < 4.78 is 27.8. The fourth-order valence-corrected chi connectivity index (χ4v) is 2.19. The first kappa shape index (κ1) is 13.4. The molecule has 0 aliphatic carbocycles. The summed E-state index contributed by atoms with van der Waals surface area (Å²) in [6.07, 6.45) is 0. The molecule has 1 heterocycles. The number of carbonyl (C=O) groups excluding carboxylic acids is 1. The number of carbonyl (C=O) groups is 1. The van der Waals surface area contributed by atoms with Gasteiger partial charge in [-0.15, -0.1) is 0 Å². The molecule has 0 amide bonds. The Morgan fingerprint density at radius 3 is 2.57 bits per heavy atom. The van der Waals surface area contributed by atoms with E-state index >= 15 is 0 Å². The van der Waals surface area contributed by atoms with Gasteiger partial charge in [-0.3, -0.25) is 4.79 Å². The fourth-order valence-electron chi connectivity index (χ4n) is 2.19. The van der Waals surface area contributed by atoms with Crippen LogP contribution in [-0.4, -0.2) is 10.8 Å². The van der Waals surface area contributed by atoms with Crippen LogP contribution in [0.3, 0.4) is 0 Å². The summed E-state index contributed by atoms with van der Waals surface area (Å²) in [6.45, 7) is 1.49. The Balaban J connectivity index is 2.15. The first-order valence-electron chi connectivity index (χ1n) is 6.43. The second-order valence-corrected chi connectivity index (χ2v) is 4.77. The van der Waals surface area contributed by atoms with Crippen LogP contribution < -0.4 is 0 Å². The zero-order chi connectivity index (χ0) is 15.0. The number of benzene rings is 2. The van der Waals surface area contributed by atoms with Gasteiger partial charge in [0, 0.05) is 5.39 Å². The molecule has 0 N–H and O–H groups in total. The number of nitrogens with zero attached hydrogens (tertiary/aromatic N) is 1. The average molecular weight is 283 g/mol. The molecule has 0 bridgehead atoms. The fraction of sp³-hybridized carbons (Fsp3) is 0.0588. The molecule has 21 heavy (non-hydrogen) atoms. The van der Waals surface area contributed by atoms with Gasteiger partial charge >= 0.3 is 0 Å². The second kappa shape index (κ2) is 5.05. The minimum Gasteiger partial charge on any atom is -0.287 e. The van der Waals surface area contributed by atoms with Gasteiger partial charge in [-0.2, -0.15) is 0 Å². The van der Waals surface area contributed by atoms with Crippen molar-refractivity contribution in [1.82, 2.24) is 4.98 Å². The van der Waals surface area contributed by atoms with Crippen LogP contribution in [-0.2, 0) is 0 Å². The Morgan fingerprint density at radius 2 is 1.76 bits per heavy atom. The zero-order valence-corrected chi connectivity index (χ0v) is 11.2. The van der Waals surface area contributed by atoms with Crippen LogP contribution in [0, 0.1) is 18.6 Å². The van der Waals surface area contributed by atoms with E-state index in [-0.39, 0.29) is 11.3 Å². The second-order valence-electron chi connectivity index (χ2n) is 4.77. The van der Waals surface area contributed by atoms with Gasteiger partial charge in [-0.05, 0) is 30.7 Å². The van der Waals surface area contributed by atoms with Crippen molar-refractivity contribution >= 4 is 16.7 Å². The highest BCUT2D eigenvalue weighted by molar-refractivity contribution is 6.09. The number of rotatable bonds is 2. The number of fused-ring (bicyclic) bond motifs is 1. The predicted molar refractivity (Wildman–Crippen MR) is 76.3 cm³/mol. The van der Waals surface area contributed by atoms with Crippen LogP contribution in [0.4, 0.5) is 8.78 Å². The van der Waals surface area contributed by atoms with Gasteiger partial charge in [0.15, 0.2) is 0 Å². The van der Waals surface area contributed by atoms with Crippen molar-refractivity contribution in [2.45, 2.75) is 6.92 Å². The number of para-hydroxylation sites is 1. The maximum absolute atomic E-state index is 14.0. The van der Waals surface area contributed by atoms with Crippen LogP contribution in [0.25, 0.3) is 10.9 Å². The molecular formula is C17H11F2NO. The summed E-state index contributed by atoms with van der Waals surface area (Å²) in [7, 11) is 0. The van der Waals surface area contributed by atoms with Crippen LogP contribution in [0.5, 0.6) is 0 Å². The Kier molecular flexibility index (Phi) is 3.22. The van der Waals surface area contributed by atoms with Crippen LogP contribution >= 0.6 is 0 Å². The van der Waals surface area contributed by atoms with E-state index < -0.39 is 23.0 Å². The Morgan fingerprint density at radius 1 is 1.00 bits per heavy atom. The quantitative estimate of drug-likeness (QED) is 0.664. The lowest BCUT2D eigenvalue weighted by Gasteiger charge is -2.07. The summed E-state index contributed by atoms with van der Waals surface area (Å²) in [6, 6.07) is 12.8. The van der Waals surface area contributed by atoms with Crippen LogP contribution in [0.2, 0.25) is 0 Å². The smallest absolute Gasteiger partial charge is 0.217 e. The Hall–Kier alpha value is -2.62. The lowest BCUT2D eigenvalue weighted by Crippen LogP contribution is -2.10. The van der Waals surface area contributed by atoms with E-state index in [1.165, 1.54) is 19.1 Å². The minimum atomic E-state index is -0.877. The summed E-state index contributed by atoms with van der Waals surface area (Å²) in [5.74, 6) is -2.47. The van der Waals surface area contributed by atoms with Gasteiger partial charge in [0.1, 0.15) is 17.3 Å². The third-order valence-corrected chi connectivity index (χ3v) is 3.34. The van der Waals surface area contributed by atoms with Gasteiger partial charge < -0.3 is 0 Å². The molecule has 0 atom stereocenters. The largest absolute Gasteiger partial charge is 0.287 e. The summed E-state index contributed by atoms with van der Waals surface area (Å²) in [5.41, 5.74) is 0.298.